The van der Waals surface area contributed by atoms with Crippen LogP contribution in [0.2, 0.25) is 5.02 Å². The molecule has 0 fully saturated rings. The highest BCUT2D eigenvalue weighted by Crippen LogP contribution is 2.36. The fourth-order valence-electron chi connectivity index (χ4n) is 3.64. The summed E-state index contributed by atoms with van der Waals surface area (Å²) in [6.45, 7) is 5.52. The number of hydrogen-bond acceptors (Lipinski definition) is 3. The largest absolute Gasteiger partial charge is 0.433 e. The Morgan fingerprint density at radius 1 is 1.06 bits per heavy atom. The van der Waals surface area contributed by atoms with Crippen molar-refractivity contribution in [1.29, 1.82) is 5.26 Å². The molecule has 0 radical (unpaired) electrons. The third-order valence-electron chi connectivity index (χ3n) is 5.23. The number of carbonyl (C=O) groups is 1. The SMILES string of the molecule is Cc1cc(Cl)c(-c2cnc(C(F)(F)F)cc2C#N)cc1C(=O)N(C)c1c(C)cccc1C. The molecule has 1 amide bonds. The number of alkyl halides is 3. The monoisotopic (exact) mass is 457 g/mol. The first kappa shape index (κ1) is 23.3. The molecule has 32 heavy (non-hydrogen) atoms. The van der Waals surface area contributed by atoms with Gasteiger partial charge in [-0.25, -0.2) is 0 Å². The van der Waals surface area contributed by atoms with Gasteiger partial charge in [0.25, 0.3) is 5.91 Å². The van der Waals surface area contributed by atoms with Gasteiger partial charge in [-0.1, -0.05) is 29.8 Å². The molecule has 3 aromatic rings. The predicted octanol–water partition coefficient (Wildman–Crippen LogP) is 6.49. The molecule has 0 saturated heterocycles. The van der Waals surface area contributed by atoms with Crippen molar-refractivity contribution in [3.8, 4) is 17.2 Å². The number of amides is 1. The summed E-state index contributed by atoms with van der Waals surface area (Å²) in [4.78, 5) is 18.3. The summed E-state index contributed by atoms with van der Waals surface area (Å²) in [5.74, 6) is -0.309. The normalized spacial score (nSPS) is 11.2. The lowest BCUT2D eigenvalue weighted by atomic mass is 9.96. The van der Waals surface area contributed by atoms with Gasteiger partial charge in [-0.2, -0.15) is 18.4 Å². The molecule has 0 aliphatic carbocycles. The van der Waals surface area contributed by atoms with Crippen LogP contribution in [-0.2, 0) is 6.18 Å². The van der Waals surface area contributed by atoms with Crippen molar-refractivity contribution >= 4 is 23.2 Å². The molecule has 4 nitrogen and oxygen atoms in total. The fourth-order valence-corrected chi connectivity index (χ4v) is 3.96. The minimum atomic E-state index is -4.68. The Kier molecular flexibility index (Phi) is 6.29. The van der Waals surface area contributed by atoms with Crippen LogP contribution in [0.15, 0.2) is 42.6 Å². The maximum absolute atomic E-state index is 13.4. The first-order chi connectivity index (χ1) is 15.0. The van der Waals surface area contributed by atoms with E-state index in [1.54, 1.807) is 26.1 Å². The summed E-state index contributed by atoms with van der Waals surface area (Å²) in [7, 11) is 1.66. The Labute approximate surface area is 188 Å². The van der Waals surface area contributed by atoms with Gasteiger partial charge < -0.3 is 4.90 Å². The molecule has 1 heterocycles. The van der Waals surface area contributed by atoms with Crippen LogP contribution < -0.4 is 4.90 Å². The van der Waals surface area contributed by atoms with E-state index in [-0.39, 0.29) is 27.6 Å². The van der Waals surface area contributed by atoms with Crippen molar-refractivity contribution < 1.29 is 18.0 Å². The first-order valence-electron chi connectivity index (χ1n) is 9.57. The van der Waals surface area contributed by atoms with E-state index in [2.05, 4.69) is 4.98 Å². The van der Waals surface area contributed by atoms with E-state index in [9.17, 15) is 23.2 Å². The number of aryl methyl sites for hydroxylation is 3. The molecule has 0 aliphatic heterocycles. The van der Waals surface area contributed by atoms with E-state index >= 15 is 0 Å². The van der Waals surface area contributed by atoms with Gasteiger partial charge in [0.1, 0.15) is 5.69 Å². The highest BCUT2D eigenvalue weighted by Gasteiger charge is 2.33. The molecule has 0 spiro atoms. The second kappa shape index (κ2) is 8.64. The number of para-hydroxylation sites is 1. The number of halogens is 4. The van der Waals surface area contributed by atoms with Crippen LogP contribution in [0.25, 0.3) is 11.1 Å². The van der Waals surface area contributed by atoms with Gasteiger partial charge in [0.15, 0.2) is 0 Å². The number of carbonyl (C=O) groups excluding carboxylic acids is 1. The second-order valence-electron chi connectivity index (χ2n) is 7.48. The van der Waals surface area contributed by atoms with Gasteiger partial charge in [-0.05, 0) is 55.7 Å². The lowest BCUT2D eigenvalue weighted by Gasteiger charge is -2.23. The van der Waals surface area contributed by atoms with E-state index < -0.39 is 11.9 Å². The van der Waals surface area contributed by atoms with Crippen LogP contribution in [0.3, 0.4) is 0 Å². The summed E-state index contributed by atoms with van der Waals surface area (Å²) < 4.78 is 39.0. The van der Waals surface area contributed by atoms with E-state index in [0.29, 0.717) is 17.2 Å². The summed E-state index contributed by atoms with van der Waals surface area (Å²) >= 11 is 6.36. The standard InChI is InChI=1S/C24H19ClF3N3O/c1-13-6-5-7-14(2)22(13)31(4)23(32)17-10-18(20(25)8-15(17)3)19-12-30-21(24(26,27)28)9-16(19)11-29/h5-10,12H,1-4H3. The van der Waals surface area contributed by atoms with Gasteiger partial charge in [0.05, 0.1) is 11.6 Å². The average molecular weight is 458 g/mol. The topological polar surface area (TPSA) is 57.0 Å². The average Bonchev–Trinajstić information content (AvgIpc) is 2.72. The first-order valence-corrected chi connectivity index (χ1v) is 9.95. The number of aromatic nitrogens is 1. The molecule has 164 valence electrons. The molecular weight excluding hydrogens is 439 g/mol. The van der Waals surface area contributed by atoms with Gasteiger partial charge in [-0.15, -0.1) is 0 Å². The number of nitriles is 1. The van der Waals surface area contributed by atoms with E-state index in [4.69, 9.17) is 11.6 Å². The number of hydrogen-bond donors (Lipinski definition) is 0. The highest BCUT2D eigenvalue weighted by atomic mass is 35.5. The van der Waals surface area contributed by atoms with Crippen molar-refractivity contribution in [3.63, 3.8) is 0 Å². The Balaban J connectivity index is 2.13. The van der Waals surface area contributed by atoms with E-state index in [1.165, 1.54) is 11.0 Å². The molecule has 0 unspecified atom stereocenters. The van der Waals surface area contributed by atoms with Crippen molar-refractivity contribution in [2.75, 3.05) is 11.9 Å². The Hall–Kier alpha value is -3.37. The van der Waals surface area contributed by atoms with Gasteiger partial charge in [0, 0.05) is 40.6 Å². The van der Waals surface area contributed by atoms with Crippen LogP contribution in [-0.4, -0.2) is 17.9 Å². The molecule has 1 aromatic heterocycles. The molecule has 3 rings (SSSR count). The van der Waals surface area contributed by atoms with Crippen LogP contribution in [0.4, 0.5) is 18.9 Å². The van der Waals surface area contributed by atoms with Crippen LogP contribution in [0.5, 0.6) is 0 Å². The predicted molar refractivity (Wildman–Crippen MR) is 118 cm³/mol. The number of rotatable bonds is 3. The summed E-state index contributed by atoms with van der Waals surface area (Å²) in [6, 6.07) is 11.2. The van der Waals surface area contributed by atoms with Gasteiger partial charge in [0.2, 0.25) is 0 Å². The molecule has 2 aromatic carbocycles. The van der Waals surface area contributed by atoms with Crippen molar-refractivity contribution in [2.24, 2.45) is 0 Å². The summed E-state index contributed by atoms with van der Waals surface area (Å²) in [5.41, 5.74) is 2.49. The van der Waals surface area contributed by atoms with Crippen LogP contribution in [0, 0.1) is 32.1 Å². The Morgan fingerprint density at radius 3 is 2.25 bits per heavy atom. The van der Waals surface area contributed by atoms with Gasteiger partial charge in [-0.3, -0.25) is 9.78 Å². The Morgan fingerprint density at radius 2 is 1.69 bits per heavy atom. The van der Waals surface area contributed by atoms with Gasteiger partial charge >= 0.3 is 6.18 Å². The van der Waals surface area contributed by atoms with Crippen molar-refractivity contribution in [2.45, 2.75) is 26.9 Å². The number of anilines is 1. The number of pyridine rings is 1. The summed E-state index contributed by atoms with van der Waals surface area (Å²) in [5, 5.41) is 9.63. The second-order valence-corrected chi connectivity index (χ2v) is 7.88. The Bertz CT molecular complexity index is 1240. The highest BCUT2D eigenvalue weighted by molar-refractivity contribution is 6.33. The minimum absolute atomic E-state index is 0.120. The molecule has 0 N–H and O–H groups in total. The molecule has 0 atom stereocenters. The molecule has 0 saturated carbocycles. The molecule has 0 bridgehead atoms. The van der Waals surface area contributed by atoms with Crippen molar-refractivity contribution in [3.05, 3.63) is 81.1 Å². The zero-order chi connectivity index (χ0) is 23.8. The maximum Gasteiger partial charge on any atom is 0.433 e. The third-order valence-corrected chi connectivity index (χ3v) is 5.54. The molecular formula is C24H19ClF3N3O. The fraction of sp³-hybridized carbons (Fsp3) is 0.208. The lowest BCUT2D eigenvalue weighted by Crippen LogP contribution is -2.28. The van der Waals surface area contributed by atoms with Crippen molar-refractivity contribution in [1.82, 2.24) is 4.98 Å². The van der Waals surface area contributed by atoms with E-state index in [1.807, 2.05) is 32.0 Å². The smallest absolute Gasteiger partial charge is 0.311 e. The zero-order valence-corrected chi connectivity index (χ0v) is 18.6. The molecule has 8 heteroatoms. The lowest BCUT2D eigenvalue weighted by molar-refractivity contribution is -0.141. The third kappa shape index (κ3) is 4.32. The molecule has 0 aliphatic rings. The number of benzene rings is 2. The van der Waals surface area contributed by atoms with Crippen LogP contribution in [0.1, 0.15) is 38.3 Å². The zero-order valence-electron chi connectivity index (χ0n) is 17.8. The minimum Gasteiger partial charge on any atom is -0.311 e. The maximum atomic E-state index is 13.4. The summed E-state index contributed by atoms with van der Waals surface area (Å²) in [6.07, 6.45) is -3.72. The van der Waals surface area contributed by atoms with E-state index in [0.717, 1.165) is 23.0 Å². The van der Waals surface area contributed by atoms with Crippen LogP contribution >= 0.6 is 11.6 Å². The quantitative estimate of drug-likeness (QED) is 0.451. The number of nitrogens with zero attached hydrogens (tertiary/aromatic N) is 3.